The van der Waals surface area contributed by atoms with Crippen LogP contribution in [0.2, 0.25) is 0 Å². The number of ether oxygens (including phenoxy) is 1. The van der Waals surface area contributed by atoms with Gasteiger partial charge in [0.25, 0.3) is 0 Å². The zero-order chi connectivity index (χ0) is 28.3. The molecule has 8 nitrogen and oxygen atoms in total. The normalized spacial score (nSPS) is 22.3. The highest BCUT2D eigenvalue weighted by molar-refractivity contribution is 5.91. The Balaban J connectivity index is 1.47. The second-order valence-corrected chi connectivity index (χ2v) is 11.8. The van der Waals surface area contributed by atoms with Gasteiger partial charge in [0.1, 0.15) is 18.0 Å². The summed E-state index contributed by atoms with van der Waals surface area (Å²) in [6.07, 6.45) is 4.51. The van der Waals surface area contributed by atoms with Gasteiger partial charge in [-0.25, -0.2) is 4.39 Å². The van der Waals surface area contributed by atoms with Gasteiger partial charge in [-0.3, -0.25) is 14.4 Å². The van der Waals surface area contributed by atoms with Gasteiger partial charge in [-0.2, -0.15) is 0 Å². The molecule has 4 rings (SSSR count). The SMILES string of the molecule is CCOC(C)C(=O)NC(C(=O)N1CCN(C)C(C)C1)C(C)c1ccc(NC(=O)CC(C2CC2)C2CC2)c(F)c1. The van der Waals surface area contributed by atoms with Crippen LogP contribution in [0.5, 0.6) is 0 Å². The Morgan fingerprint density at radius 3 is 2.33 bits per heavy atom. The Kier molecular flexibility index (Phi) is 9.64. The molecule has 2 aliphatic carbocycles. The van der Waals surface area contributed by atoms with Crippen LogP contribution in [0.3, 0.4) is 0 Å². The monoisotopic (exact) mass is 544 g/mol. The number of nitrogens with zero attached hydrogens (tertiary/aromatic N) is 2. The summed E-state index contributed by atoms with van der Waals surface area (Å²) in [5.41, 5.74) is 0.718. The lowest BCUT2D eigenvalue weighted by atomic mass is 9.91. The highest BCUT2D eigenvalue weighted by Gasteiger charge is 2.42. The van der Waals surface area contributed by atoms with Crippen molar-refractivity contribution in [1.82, 2.24) is 15.1 Å². The van der Waals surface area contributed by atoms with Crippen LogP contribution in [0.4, 0.5) is 10.1 Å². The molecule has 39 heavy (non-hydrogen) atoms. The number of amides is 3. The molecule has 4 atom stereocenters. The van der Waals surface area contributed by atoms with Crippen molar-refractivity contribution in [3.05, 3.63) is 29.6 Å². The second kappa shape index (κ2) is 12.8. The first-order valence-corrected chi connectivity index (χ1v) is 14.6. The average Bonchev–Trinajstić information content (AvgIpc) is 3.82. The van der Waals surface area contributed by atoms with Crippen LogP contribution in [-0.2, 0) is 19.1 Å². The van der Waals surface area contributed by atoms with Crippen molar-refractivity contribution < 1.29 is 23.5 Å². The number of nitrogens with one attached hydrogen (secondary N) is 2. The van der Waals surface area contributed by atoms with Gasteiger partial charge in [-0.1, -0.05) is 13.0 Å². The Labute approximate surface area is 232 Å². The van der Waals surface area contributed by atoms with Gasteiger partial charge in [0.2, 0.25) is 17.7 Å². The topological polar surface area (TPSA) is 91.0 Å². The van der Waals surface area contributed by atoms with E-state index in [-0.39, 0.29) is 29.5 Å². The van der Waals surface area contributed by atoms with Crippen LogP contribution in [-0.4, -0.2) is 79.0 Å². The van der Waals surface area contributed by atoms with E-state index in [0.29, 0.717) is 49.4 Å². The third-order valence-electron chi connectivity index (χ3n) is 8.79. The summed E-state index contributed by atoms with van der Waals surface area (Å²) in [6, 6.07) is 3.97. The molecule has 1 aliphatic heterocycles. The minimum Gasteiger partial charge on any atom is -0.369 e. The van der Waals surface area contributed by atoms with E-state index in [4.69, 9.17) is 4.74 Å². The van der Waals surface area contributed by atoms with Crippen LogP contribution in [0.1, 0.15) is 71.3 Å². The van der Waals surface area contributed by atoms with Gasteiger partial charge in [-0.15, -0.1) is 0 Å². The van der Waals surface area contributed by atoms with Gasteiger partial charge in [0.15, 0.2) is 0 Å². The quantitative estimate of drug-likeness (QED) is 0.418. The van der Waals surface area contributed by atoms with E-state index in [1.807, 2.05) is 20.9 Å². The number of benzene rings is 1. The standard InChI is InChI=1S/C30H45FN4O4/c1-6-39-20(4)29(37)33-28(30(38)35-14-13-34(5)18(2)17-35)19(3)23-11-12-26(25(31)15-23)32-27(36)16-24(21-7-8-21)22-9-10-22/h11-12,15,18-22,24,28H,6-10,13-14,16-17H2,1-5H3,(H,32,36)(H,33,37). The van der Waals surface area contributed by atoms with Gasteiger partial charge >= 0.3 is 0 Å². The second-order valence-electron chi connectivity index (χ2n) is 11.8. The predicted molar refractivity (Wildman–Crippen MR) is 149 cm³/mol. The summed E-state index contributed by atoms with van der Waals surface area (Å²) in [5.74, 6) is -0.0522. The Morgan fingerprint density at radius 2 is 1.77 bits per heavy atom. The van der Waals surface area contributed by atoms with Gasteiger partial charge in [0.05, 0.1) is 5.69 Å². The molecule has 0 aromatic heterocycles. The molecule has 9 heteroatoms. The zero-order valence-electron chi connectivity index (χ0n) is 24.0. The molecule has 1 aromatic rings. The molecule has 3 aliphatic rings. The maximum Gasteiger partial charge on any atom is 0.249 e. The molecule has 4 unspecified atom stereocenters. The fourth-order valence-corrected chi connectivity index (χ4v) is 5.73. The molecule has 1 saturated heterocycles. The number of anilines is 1. The molecule has 3 fully saturated rings. The first-order valence-electron chi connectivity index (χ1n) is 14.6. The molecule has 2 saturated carbocycles. The summed E-state index contributed by atoms with van der Waals surface area (Å²) in [7, 11) is 2.03. The van der Waals surface area contributed by atoms with E-state index >= 15 is 4.39 Å². The van der Waals surface area contributed by atoms with Gasteiger partial charge < -0.3 is 25.2 Å². The van der Waals surface area contributed by atoms with Gasteiger partial charge in [-0.05, 0) is 89.0 Å². The van der Waals surface area contributed by atoms with Crippen LogP contribution >= 0.6 is 0 Å². The van der Waals surface area contributed by atoms with Crippen molar-refractivity contribution in [2.24, 2.45) is 17.8 Å². The first-order chi connectivity index (χ1) is 18.6. The number of likely N-dealkylation sites (N-methyl/N-ethyl adjacent to an activating group) is 1. The number of carbonyl (C=O) groups excluding carboxylic acids is 3. The van der Waals surface area contributed by atoms with Gasteiger partial charge in [0, 0.05) is 44.6 Å². The molecule has 1 aromatic carbocycles. The fourth-order valence-electron chi connectivity index (χ4n) is 5.73. The van der Waals surface area contributed by atoms with Crippen molar-refractivity contribution in [1.29, 1.82) is 0 Å². The molecule has 3 amide bonds. The fraction of sp³-hybridized carbons (Fsp3) is 0.700. The minimum absolute atomic E-state index is 0.145. The third kappa shape index (κ3) is 7.57. The molecule has 1 heterocycles. The molecule has 0 radical (unpaired) electrons. The summed E-state index contributed by atoms with van der Waals surface area (Å²) in [4.78, 5) is 43.3. The Morgan fingerprint density at radius 1 is 1.10 bits per heavy atom. The first kappa shape index (κ1) is 29.5. The number of hydrogen-bond acceptors (Lipinski definition) is 5. The predicted octanol–water partition coefficient (Wildman–Crippen LogP) is 3.77. The van der Waals surface area contributed by atoms with Crippen LogP contribution < -0.4 is 10.6 Å². The van der Waals surface area contributed by atoms with E-state index in [1.54, 1.807) is 24.0 Å². The number of rotatable bonds is 12. The maximum absolute atomic E-state index is 15.2. The van der Waals surface area contributed by atoms with Crippen molar-refractivity contribution >= 4 is 23.4 Å². The highest BCUT2D eigenvalue weighted by atomic mass is 19.1. The van der Waals surface area contributed by atoms with Crippen LogP contribution in [0, 0.1) is 23.6 Å². The lowest BCUT2D eigenvalue weighted by molar-refractivity contribution is -0.142. The molecule has 2 N–H and O–H groups in total. The number of piperazine rings is 1. The number of hydrogen-bond donors (Lipinski definition) is 2. The summed E-state index contributed by atoms with van der Waals surface area (Å²) >= 11 is 0. The van der Waals surface area contributed by atoms with E-state index in [2.05, 4.69) is 22.5 Å². The maximum atomic E-state index is 15.2. The summed E-state index contributed by atoms with van der Waals surface area (Å²) in [6.45, 7) is 9.56. The zero-order valence-corrected chi connectivity index (χ0v) is 24.0. The van der Waals surface area contributed by atoms with Crippen molar-refractivity contribution in [3.63, 3.8) is 0 Å². The molecule has 0 spiro atoms. The third-order valence-corrected chi connectivity index (χ3v) is 8.79. The lowest BCUT2D eigenvalue weighted by Crippen LogP contribution is -2.58. The van der Waals surface area contributed by atoms with E-state index in [1.165, 1.54) is 31.7 Å². The largest absolute Gasteiger partial charge is 0.369 e. The Hall–Kier alpha value is -2.52. The highest BCUT2D eigenvalue weighted by Crippen LogP contribution is 2.50. The number of halogens is 1. The van der Waals surface area contributed by atoms with Crippen LogP contribution in [0.15, 0.2) is 18.2 Å². The van der Waals surface area contributed by atoms with E-state index in [0.717, 1.165) is 6.54 Å². The van der Waals surface area contributed by atoms with Crippen LogP contribution in [0.25, 0.3) is 0 Å². The van der Waals surface area contributed by atoms with E-state index < -0.39 is 23.9 Å². The molecule has 0 bridgehead atoms. The smallest absolute Gasteiger partial charge is 0.249 e. The minimum atomic E-state index is -0.881. The van der Waals surface area contributed by atoms with Crippen molar-refractivity contribution in [2.75, 3.05) is 38.6 Å². The molecule has 216 valence electrons. The molecular weight excluding hydrogens is 499 g/mol. The van der Waals surface area contributed by atoms with Crippen molar-refractivity contribution in [3.8, 4) is 0 Å². The lowest BCUT2D eigenvalue weighted by Gasteiger charge is -2.40. The summed E-state index contributed by atoms with van der Waals surface area (Å²) in [5, 5.41) is 5.65. The molecular formula is C30H45FN4O4. The van der Waals surface area contributed by atoms with E-state index in [9.17, 15) is 14.4 Å². The average molecular weight is 545 g/mol. The number of carbonyl (C=O) groups is 3. The summed E-state index contributed by atoms with van der Waals surface area (Å²) < 4.78 is 20.7. The Bertz CT molecular complexity index is 1030. The van der Waals surface area contributed by atoms with Crippen molar-refractivity contribution in [2.45, 2.75) is 83.9 Å².